The van der Waals surface area contributed by atoms with Gasteiger partial charge < -0.3 is 14.5 Å². The summed E-state index contributed by atoms with van der Waals surface area (Å²) in [5.74, 6) is -0.0359. The summed E-state index contributed by atoms with van der Waals surface area (Å²) in [6.07, 6.45) is 0.535. The van der Waals surface area contributed by atoms with E-state index < -0.39 is 10.0 Å². The van der Waals surface area contributed by atoms with E-state index in [-0.39, 0.29) is 11.7 Å². The average Bonchev–Trinajstić information content (AvgIpc) is 2.70. The molecule has 2 aromatic carbocycles. The average molecular weight is 448 g/mol. The van der Waals surface area contributed by atoms with Crippen molar-refractivity contribution in [2.75, 3.05) is 49.7 Å². The highest BCUT2D eigenvalue weighted by atomic mass is 32.2. The van der Waals surface area contributed by atoms with Crippen molar-refractivity contribution in [3.63, 3.8) is 0 Å². The number of anilines is 2. The highest BCUT2D eigenvalue weighted by Crippen LogP contribution is 2.26. The van der Waals surface area contributed by atoms with Crippen molar-refractivity contribution in [1.82, 2.24) is 4.90 Å². The van der Waals surface area contributed by atoms with Crippen molar-refractivity contribution in [3.8, 4) is 0 Å². The van der Waals surface area contributed by atoms with Gasteiger partial charge in [-0.15, -0.1) is 0 Å². The number of aryl methyl sites for hydroxylation is 1. The van der Waals surface area contributed by atoms with E-state index in [1.54, 1.807) is 30.2 Å². The van der Waals surface area contributed by atoms with Gasteiger partial charge in [-0.3, -0.25) is 9.52 Å². The molecule has 2 aromatic rings. The Bertz CT molecular complexity index is 990. The van der Waals surface area contributed by atoms with E-state index in [4.69, 9.17) is 4.74 Å². The molecule has 0 saturated heterocycles. The number of hydrogen-bond donors (Lipinski definition) is 1. The first kappa shape index (κ1) is 24.7. The van der Waals surface area contributed by atoms with Crippen LogP contribution in [0.15, 0.2) is 42.5 Å². The predicted molar refractivity (Wildman–Crippen MR) is 126 cm³/mol. The molecular formula is C23H33N3O4S. The third-order valence-corrected chi connectivity index (χ3v) is 6.28. The fourth-order valence-electron chi connectivity index (χ4n) is 3.33. The second kappa shape index (κ2) is 11.2. The number of nitrogens with zero attached hydrogens (tertiary/aromatic N) is 2. The maximum absolute atomic E-state index is 13.2. The van der Waals surface area contributed by atoms with E-state index in [1.807, 2.05) is 57.1 Å². The van der Waals surface area contributed by atoms with Crippen molar-refractivity contribution in [2.24, 2.45) is 0 Å². The van der Waals surface area contributed by atoms with Crippen LogP contribution in [0.1, 0.15) is 34.8 Å². The zero-order valence-corrected chi connectivity index (χ0v) is 19.8. The standard InChI is InChI=1S/C23H33N3O4S/c1-6-14-31(28,29)24-21-10-11-22(25(3)4)20(16-21)17-26(12-13-30-5)23(27)19-9-7-8-18(2)15-19/h7-11,15-16,24H,6,12-14,17H2,1-5H3. The van der Waals surface area contributed by atoms with Gasteiger partial charge in [0.2, 0.25) is 10.0 Å². The van der Waals surface area contributed by atoms with Crippen LogP contribution >= 0.6 is 0 Å². The number of rotatable bonds is 11. The molecule has 0 aliphatic carbocycles. The van der Waals surface area contributed by atoms with E-state index in [0.29, 0.717) is 37.4 Å². The van der Waals surface area contributed by atoms with E-state index in [0.717, 1.165) is 16.8 Å². The molecule has 1 amide bonds. The zero-order chi connectivity index (χ0) is 23.0. The van der Waals surface area contributed by atoms with Gasteiger partial charge in [0.15, 0.2) is 0 Å². The molecule has 7 nitrogen and oxygen atoms in total. The summed E-state index contributed by atoms with van der Waals surface area (Å²) in [6.45, 7) is 4.92. The molecule has 2 rings (SSSR count). The van der Waals surface area contributed by atoms with Gasteiger partial charge in [-0.1, -0.05) is 24.6 Å². The first-order valence-corrected chi connectivity index (χ1v) is 12.0. The maximum Gasteiger partial charge on any atom is 0.254 e. The molecule has 0 aliphatic heterocycles. The highest BCUT2D eigenvalue weighted by Gasteiger charge is 2.19. The smallest absolute Gasteiger partial charge is 0.254 e. The number of amides is 1. The molecule has 1 N–H and O–H groups in total. The molecule has 0 radical (unpaired) electrons. The van der Waals surface area contributed by atoms with Gasteiger partial charge in [0.05, 0.1) is 12.4 Å². The van der Waals surface area contributed by atoms with Gasteiger partial charge >= 0.3 is 0 Å². The highest BCUT2D eigenvalue weighted by molar-refractivity contribution is 7.92. The van der Waals surface area contributed by atoms with E-state index in [9.17, 15) is 13.2 Å². The molecule has 8 heteroatoms. The number of ether oxygens (including phenoxy) is 1. The first-order valence-electron chi connectivity index (χ1n) is 10.3. The third-order valence-electron chi connectivity index (χ3n) is 4.79. The van der Waals surface area contributed by atoms with Crippen LogP contribution in [0.2, 0.25) is 0 Å². The summed E-state index contributed by atoms with van der Waals surface area (Å²) >= 11 is 0. The number of benzene rings is 2. The minimum Gasteiger partial charge on any atom is -0.383 e. The van der Waals surface area contributed by atoms with Crippen molar-refractivity contribution in [1.29, 1.82) is 0 Å². The molecule has 0 heterocycles. The lowest BCUT2D eigenvalue weighted by Gasteiger charge is -2.26. The Morgan fingerprint density at radius 2 is 1.87 bits per heavy atom. The molecule has 0 saturated carbocycles. The van der Waals surface area contributed by atoms with Crippen molar-refractivity contribution in [3.05, 3.63) is 59.2 Å². The van der Waals surface area contributed by atoms with Gasteiger partial charge in [0, 0.05) is 51.2 Å². The van der Waals surface area contributed by atoms with Crippen molar-refractivity contribution >= 4 is 27.3 Å². The third kappa shape index (κ3) is 7.25. The molecule has 0 aromatic heterocycles. The molecule has 0 spiro atoms. The Labute approximate surface area is 186 Å². The number of nitrogens with one attached hydrogen (secondary N) is 1. The number of carbonyl (C=O) groups excluding carboxylic acids is 1. The Morgan fingerprint density at radius 3 is 2.48 bits per heavy atom. The predicted octanol–water partition coefficient (Wildman–Crippen LogP) is 3.50. The Hall–Kier alpha value is -2.58. The second-order valence-corrected chi connectivity index (χ2v) is 9.59. The van der Waals surface area contributed by atoms with Gasteiger partial charge in [-0.05, 0) is 49.2 Å². The summed E-state index contributed by atoms with van der Waals surface area (Å²) in [7, 11) is 2.03. The number of hydrogen-bond acceptors (Lipinski definition) is 5. The fourth-order valence-corrected chi connectivity index (χ4v) is 4.46. The quantitative estimate of drug-likeness (QED) is 0.570. The summed E-state index contributed by atoms with van der Waals surface area (Å²) in [5.41, 5.74) is 3.88. The lowest BCUT2D eigenvalue weighted by molar-refractivity contribution is 0.0680. The van der Waals surface area contributed by atoms with Crippen LogP contribution in [0, 0.1) is 6.92 Å². The number of sulfonamides is 1. The fraction of sp³-hybridized carbons (Fsp3) is 0.435. The lowest BCUT2D eigenvalue weighted by Crippen LogP contribution is -2.34. The molecule has 0 fully saturated rings. The topological polar surface area (TPSA) is 79.0 Å². The van der Waals surface area contributed by atoms with Gasteiger partial charge in [0.1, 0.15) is 0 Å². The van der Waals surface area contributed by atoms with Crippen LogP contribution in [-0.4, -0.2) is 59.3 Å². The molecule has 170 valence electrons. The van der Waals surface area contributed by atoms with Crippen LogP contribution in [0.3, 0.4) is 0 Å². The van der Waals surface area contributed by atoms with Crippen LogP contribution < -0.4 is 9.62 Å². The lowest BCUT2D eigenvalue weighted by atomic mass is 10.1. The van der Waals surface area contributed by atoms with Crippen LogP contribution in [-0.2, 0) is 21.3 Å². The Morgan fingerprint density at radius 1 is 1.13 bits per heavy atom. The molecule has 0 bridgehead atoms. The number of carbonyl (C=O) groups is 1. The first-order chi connectivity index (χ1) is 14.7. The minimum atomic E-state index is -3.41. The summed E-state index contributed by atoms with van der Waals surface area (Å²) in [5, 5.41) is 0. The van der Waals surface area contributed by atoms with Crippen LogP contribution in [0.25, 0.3) is 0 Å². The minimum absolute atomic E-state index is 0.0591. The molecule has 0 atom stereocenters. The second-order valence-electron chi connectivity index (χ2n) is 7.75. The van der Waals surface area contributed by atoms with E-state index >= 15 is 0 Å². The molecule has 0 unspecified atom stereocenters. The van der Waals surface area contributed by atoms with E-state index in [1.165, 1.54) is 0 Å². The van der Waals surface area contributed by atoms with Crippen molar-refractivity contribution < 1.29 is 17.9 Å². The SMILES string of the molecule is CCCS(=O)(=O)Nc1ccc(N(C)C)c(CN(CCOC)C(=O)c2cccc(C)c2)c1. The molecule has 31 heavy (non-hydrogen) atoms. The molecule has 0 aliphatic rings. The maximum atomic E-state index is 13.2. The zero-order valence-electron chi connectivity index (χ0n) is 19.0. The normalized spacial score (nSPS) is 11.3. The summed E-state index contributed by atoms with van der Waals surface area (Å²) in [6, 6.07) is 12.9. The largest absolute Gasteiger partial charge is 0.383 e. The Kier molecular flexibility index (Phi) is 8.88. The monoisotopic (exact) mass is 447 g/mol. The van der Waals surface area contributed by atoms with Crippen molar-refractivity contribution in [2.45, 2.75) is 26.8 Å². The summed E-state index contributed by atoms with van der Waals surface area (Å²) in [4.78, 5) is 16.9. The Balaban J connectivity index is 2.39. The number of methoxy groups -OCH3 is 1. The van der Waals surface area contributed by atoms with Crippen LogP contribution in [0.4, 0.5) is 11.4 Å². The molecular weight excluding hydrogens is 414 g/mol. The van der Waals surface area contributed by atoms with Gasteiger partial charge in [-0.2, -0.15) is 0 Å². The summed E-state index contributed by atoms with van der Waals surface area (Å²) < 4.78 is 32.3. The van der Waals surface area contributed by atoms with E-state index in [2.05, 4.69) is 4.72 Å². The van der Waals surface area contributed by atoms with Gasteiger partial charge in [0.25, 0.3) is 5.91 Å². The van der Waals surface area contributed by atoms with Gasteiger partial charge in [-0.25, -0.2) is 8.42 Å². The van der Waals surface area contributed by atoms with Crippen LogP contribution in [0.5, 0.6) is 0 Å².